The second-order valence-electron chi connectivity index (χ2n) is 3.12. The maximum atomic E-state index is 13.3. The van der Waals surface area contributed by atoms with Crippen LogP contribution in [0.3, 0.4) is 0 Å². The summed E-state index contributed by atoms with van der Waals surface area (Å²) in [4.78, 5) is 3.68. The van der Waals surface area contributed by atoms with Gasteiger partial charge in [-0.25, -0.2) is 8.78 Å². The molecule has 5 nitrogen and oxygen atoms in total. The van der Waals surface area contributed by atoms with Gasteiger partial charge in [-0.1, -0.05) is 0 Å². The first-order chi connectivity index (χ1) is 7.56. The molecule has 0 saturated carbocycles. The van der Waals surface area contributed by atoms with E-state index >= 15 is 0 Å². The van der Waals surface area contributed by atoms with Crippen LogP contribution in [-0.4, -0.2) is 14.8 Å². The largest absolute Gasteiger partial charge is 0.417 e. The number of ether oxygens (including phenoxy) is 1. The van der Waals surface area contributed by atoms with Crippen molar-refractivity contribution in [2.75, 3.05) is 5.73 Å². The number of aromatic nitrogens is 3. The van der Waals surface area contributed by atoms with Crippen molar-refractivity contribution in [1.29, 1.82) is 0 Å². The summed E-state index contributed by atoms with van der Waals surface area (Å²) in [6, 6.07) is 1.79. The van der Waals surface area contributed by atoms with Crippen LogP contribution in [0.25, 0.3) is 0 Å². The van der Waals surface area contributed by atoms with Gasteiger partial charge in [0.05, 0.1) is 0 Å². The number of nitrogens with zero attached hydrogens (tertiary/aromatic N) is 3. The zero-order chi connectivity index (χ0) is 11.7. The van der Waals surface area contributed by atoms with Crippen LogP contribution >= 0.6 is 0 Å². The summed E-state index contributed by atoms with van der Waals surface area (Å²) in [7, 11) is 1.61. The first-order valence-corrected chi connectivity index (χ1v) is 4.34. The molecular formula is C9H8F2N4O. The van der Waals surface area contributed by atoms with E-state index in [9.17, 15) is 8.78 Å². The molecule has 0 aliphatic rings. The molecule has 0 bridgehead atoms. The van der Waals surface area contributed by atoms with Crippen LogP contribution < -0.4 is 10.5 Å². The van der Waals surface area contributed by atoms with E-state index in [0.717, 1.165) is 12.1 Å². The highest BCUT2D eigenvalue weighted by molar-refractivity contribution is 5.44. The molecule has 0 saturated heterocycles. The SMILES string of the molecule is Cn1cnc(Oc2c(F)cc(N)cc2F)n1. The van der Waals surface area contributed by atoms with Crippen LogP contribution in [0.4, 0.5) is 14.5 Å². The molecule has 0 aliphatic carbocycles. The van der Waals surface area contributed by atoms with Crippen molar-refractivity contribution in [3.8, 4) is 11.8 Å². The Morgan fingerprint density at radius 1 is 1.31 bits per heavy atom. The minimum Gasteiger partial charge on any atom is -0.417 e. The molecule has 16 heavy (non-hydrogen) atoms. The molecule has 2 rings (SSSR count). The van der Waals surface area contributed by atoms with Crippen molar-refractivity contribution in [2.24, 2.45) is 7.05 Å². The van der Waals surface area contributed by atoms with Crippen LogP contribution in [0, 0.1) is 11.6 Å². The third kappa shape index (κ3) is 1.92. The van der Waals surface area contributed by atoms with Crippen LogP contribution in [0.5, 0.6) is 11.8 Å². The van der Waals surface area contributed by atoms with Gasteiger partial charge in [0, 0.05) is 24.9 Å². The number of halogens is 2. The van der Waals surface area contributed by atoms with E-state index in [1.165, 1.54) is 11.0 Å². The maximum Gasteiger partial charge on any atom is 0.341 e. The summed E-state index contributed by atoms with van der Waals surface area (Å²) in [5.74, 6) is -2.37. The lowest BCUT2D eigenvalue weighted by Gasteiger charge is -2.04. The Morgan fingerprint density at radius 2 is 1.94 bits per heavy atom. The second-order valence-corrected chi connectivity index (χ2v) is 3.12. The third-order valence-corrected chi connectivity index (χ3v) is 1.79. The van der Waals surface area contributed by atoms with Crippen LogP contribution in [0.2, 0.25) is 0 Å². The van der Waals surface area contributed by atoms with Crippen LogP contribution in [-0.2, 0) is 7.05 Å². The van der Waals surface area contributed by atoms with Crippen molar-refractivity contribution in [2.45, 2.75) is 0 Å². The molecule has 0 aliphatic heterocycles. The maximum absolute atomic E-state index is 13.3. The summed E-state index contributed by atoms with van der Waals surface area (Å²) in [6.07, 6.45) is 1.35. The quantitative estimate of drug-likeness (QED) is 0.787. The fraction of sp³-hybridized carbons (Fsp3) is 0.111. The Bertz CT molecular complexity index is 503. The highest BCUT2D eigenvalue weighted by atomic mass is 19.1. The molecule has 2 aromatic rings. The summed E-state index contributed by atoms with van der Waals surface area (Å²) < 4.78 is 32.8. The highest BCUT2D eigenvalue weighted by Gasteiger charge is 2.14. The Balaban J connectivity index is 2.34. The lowest BCUT2D eigenvalue weighted by atomic mass is 10.3. The summed E-state index contributed by atoms with van der Waals surface area (Å²) in [5.41, 5.74) is 5.24. The topological polar surface area (TPSA) is 66.0 Å². The zero-order valence-electron chi connectivity index (χ0n) is 8.32. The summed E-state index contributed by atoms with van der Waals surface area (Å²) >= 11 is 0. The summed E-state index contributed by atoms with van der Waals surface area (Å²) in [6.45, 7) is 0. The molecule has 1 aromatic carbocycles. The minimum absolute atomic E-state index is 0.0173. The van der Waals surface area contributed by atoms with Gasteiger partial charge in [-0.05, 0) is 0 Å². The minimum atomic E-state index is -0.898. The van der Waals surface area contributed by atoms with E-state index in [1.807, 2.05) is 0 Å². The predicted octanol–water partition coefficient (Wildman–Crippen LogP) is 1.47. The van der Waals surface area contributed by atoms with Gasteiger partial charge in [-0.2, -0.15) is 4.98 Å². The van der Waals surface area contributed by atoms with E-state index in [-0.39, 0.29) is 11.7 Å². The summed E-state index contributed by atoms with van der Waals surface area (Å²) in [5, 5.41) is 3.73. The van der Waals surface area contributed by atoms with Gasteiger partial charge in [0.1, 0.15) is 6.33 Å². The number of aryl methyl sites for hydroxylation is 1. The van der Waals surface area contributed by atoms with Crippen molar-refractivity contribution >= 4 is 5.69 Å². The second kappa shape index (κ2) is 3.76. The van der Waals surface area contributed by atoms with Crippen molar-refractivity contribution < 1.29 is 13.5 Å². The Labute approximate surface area is 89.5 Å². The Hall–Kier alpha value is -2.18. The molecule has 84 valence electrons. The number of nitrogens with two attached hydrogens (primary N) is 1. The molecule has 1 aromatic heterocycles. The van der Waals surface area contributed by atoms with Gasteiger partial charge in [-0.15, -0.1) is 5.10 Å². The van der Waals surface area contributed by atoms with E-state index in [0.29, 0.717) is 0 Å². The Morgan fingerprint density at radius 3 is 2.44 bits per heavy atom. The number of hydrogen-bond acceptors (Lipinski definition) is 4. The lowest BCUT2D eigenvalue weighted by Crippen LogP contribution is -1.97. The molecular weight excluding hydrogens is 218 g/mol. The van der Waals surface area contributed by atoms with Gasteiger partial charge in [0.25, 0.3) is 0 Å². The standard InChI is InChI=1S/C9H8F2N4O/c1-15-4-13-9(14-15)16-8-6(10)2-5(12)3-7(8)11/h2-4H,12H2,1H3. The highest BCUT2D eigenvalue weighted by Crippen LogP contribution is 2.27. The number of nitrogen functional groups attached to an aromatic ring is 1. The van der Waals surface area contributed by atoms with E-state index in [2.05, 4.69) is 10.1 Å². The monoisotopic (exact) mass is 226 g/mol. The molecule has 2 N–H and O–H groups in total. The molecule has 0 fully saturated rings. The number of benzene rings is 1. The van der Waals surface area contributed by atoms with Gasteiger partial charge in [-0.3, -0.25) is 4.68 Å². The van der Waals surface area contributed by atoms with Crippen molar-refractivity contribution in [1.82, 2.24) is 14.8 Å². The molecule has 7 heteroatoms. The van der Waals surface area contributed by atoms with Crippen molar-refractivity contribution in [3.63, 3.8) is 0 Å². The average Bonchev–Trinajstić information content (AvgIpc) is 2.58. The van der Waals surface area contributed by atoms with Crippen molar-refractivity contribution in [3.05, 3.63) is 30.1 Å². The smallest absolute Gasteiger partial charge is 0.341 e. The van der Waals surface area contributed by atoms with Gasteiger partial charge < -0.3 is 10.5 Å². The predicted molar refractivity (Wildman–Crippen MR) is 51.8 cm³/mol. The third-order valence-electron chi connectivity index (χ3n) is 1.79. The lowest BCUT2D eigenvalue weighted by molar-refractivity contribution is 0.381. The average molecular weight is 226 g/mol. The number of rotatable bonds is 2. The van der Waals surface area contributed by atoms with Crippen LogP contribution in [0.15, 0.2) is 18.5 Å². The van der Waals surface area contributed by atoms with Gasteiger partial charge in [0.2, 0.25) is 5.75 Å². The van der Waals surface area contributed by atoms with Crippen LogP contribution in [0.1, 0.15) is 0 Å². The zero-order valence-corrected chi connectivity index (χ0v) is 8.32. The molecule has 0 radical (unpaired) electrons. The normalized spacial score (nSPS) is 10.4. The van der Waals surface area contributed by atoms with Gasteiger partial charge in [0.15, 0.2) is 11.6 Å². The van der Waals surface area contributed by atoms with E-state index < -0.39 is 17.4 Å². The number of anilines is 1. The molecule has 0 unspecified atom stereocenters. The fourth-order valence-corrected chi connectivity index (χ4v) is 1.13. The molecule has 0 amide bonds. The Kier molecular flexibility index (Phi) is 2.43. The number of hydrogen-bond donors (Lipinski definition) is 1. The molecule has 0 spiro atoms. The molecule has 1 heterocycles. The van der Waals surface area contributed by atoms with E-state index in [1.54, 1.807) is 7.05 Å². The van der Waals surface area contributed by atoms with E-state index in [4.69, 9.17) is 10.5 Å². The molecule has 0 atom stereocenters. The fourth-order valence-electron chi connectivity index (χ4n) is 1.13. The first-order valence-electron chi connectivity index (χ1n) is 4.34. The first kappa shape index (κ1) is 10.3. The van der Waals surface area contributed by atoms with Gasteiger partial charge >= 0.3 is 6.01 Å².